The maximum atomic E-state index is 13.7. The van der Waals surface area contributed by atoms with Crippen LogP contribution in [0.5, 0.6) is 0 Å². The molecule has 1 fully saturated rings. The molecule has 2 aromatic heterocycles. The lowest BCUT2D eigenvalue weighted by Gasteiger charge is -2.29. The maximum Gasteiger partial charge on any atom is 0.317 e. The molecule has 0 bridgehead atoms. The molecule has 0 spiro atoms. The van der Waals surface area contributed by atoms with E-state index in [2.05, 4.69) is 20.9 Å². The van der Waals surface area contributed by atoms with Crippen LogP contribution in [0, 0.1) is 24.3 Å². The van der Waals surface area contributed by atoms with Crippen LogP contribution in [0.15, 0.2) is 6.33 Å². The molecule has 2 N–H and O–H groups in total. The number of anilines is 1. The van der Waals surface area contributed by atoms with E-state index in [1.807, 2.05) is 6.92 Å². The standard InChI is InChI=1S/C20H24FN5O5/c1-5-8-11(4)18(28)31-20(7-3)12(29-14(27)6-2)9-13(30-20)26-10-23-15-16(22)24-19(21)25-17(15)26/h3,10-13H,5-6,8-9H2,1-2,4H3,(H2,22,24,25)/t11?,12-,13+,20+/m0/s1. The zero-order valence-electron chi connectivity index (χ0n) is 17.5. The lowest BCUT2D eigenvalue weighted by atomic mass is 10.1. The first-order valence-electron chi connectivity index (χ1n) is 9.98. The highest BCUT2D eigenvalue weighted by Gasteiger charge is 2.55. The summed E-state index contributed by atoms with van der Waals surface area (Å²) in [7, 11) is 0. The van der Waals surface area contributed by atoms with Gasteiger partial charge in [-0.25, -0.2) is 4.98 Å². The van der Waals surface area contributed by atoms with Crippen molar-refractivity contribution in [1.82, 2.24) is 19.5 Å². The van der Waals surface area contributed by atoms with Crippen LogP contribution in [0.4, 0.5) is 10.2 Å². The van der Waals surface area contributed by atoms with Crippen LogP contribution in [0.1, 0.15) is 52.7 Å². The first kappa shape index (κ1) is 22.4. The Balaban J connectivity index is 1.98. The number of nitrogen functional groups attached to an aromatic ring is 1. The Morgan fingerprint density at radius 3 is 2.87 bits per heavy atom. The summed E-state index contributed by atoms with van der Waals surface area (Å²) in [5.41, 5.74) is 5.94. The molecule has 0 amide bonds. The van der Waals surface area contributed by atoms with Crippen molar-refractivity contribution in [3.63, 3.8) is 0 Å². The van der Waals surface area contributed by atoms with Crippen molar-refractivity contribution in [3.8, 4) is 12.3 Å². The molecule has 2 aromatic rings. The Bertz CT molecular complexity index is 1030. The fraction of sp³-hybridized carbons (Fsp3) is 0.550. The Hall–Kier alpha value is -3.26. The molecule has 1 aliphatic rings. The highest BCUT2D eigenvalue weighted by Crippen LogP contribution is 2.41. The fourth-order valence-electron chi connectivity index (χ4n) is 3.37. The van der Waals surface area contributed by atoms with Crippen LogP contribution < -0.4 is 5.73 Å². The van der Waals surface area contributed by atoms with Crippen LogP contribution in [0.2, 0.25) is 0 Å². The summed E-state index contributed by atoms with van der Waals surface area (Å²) in [6.45, 7) is 5.27. The number of imidazole rings is 1. The van der Waals surface area contributed by atoms with Gasteiger partial charge in [-0.15, -0.1) is 6.42 Å². The third-order valence-electron chi connectivity index (χ3n) is 5.02. The number of esters is 2. The second-order valence-electron chi connectivity index (χ2n) is 7.26. The van der Waals surface area contributed by atoms with Crippen LogP contribution in [0.3, 0.4) is 0 Å². The maximum absolute atomic E-state index is 13.7. The Labute approximate surface area is 178 Å². The number of carbonyl (C=O) groups is 2. The summed E-state index contributed by atoms with van der Waals surface area (Å²) in [5.74, 6) is -1.31. The average Bonchev–Trinajstić information content (AvgIpc) is 3.30. The summed E-state index contributed by atoms with van der Waals surface area (Å²) in [4.78, 5) is 35.9. The van der Waals surface area contributed by atoms with Gasteiger partial charge < -0.3 is 19.9 Å². The van der Waals surface area contributed by atoms with Gasteiger partial charge >= 0.3 is 23.8 Å². The lowest BCUT2D eigenvalue weighted by Crippen LogP contribution is -2.45. The Morgan fingerprint density at radius 2 is 2.23 bits per heavy atom. The van der Waals surface area contributed by atoms with Gasteiger partial charge in [-0.2, -0.15) is 14.4 Å². The minimum absolute atomic E-state index is 0.0162. The highest BCUT2D eigenvalue weighted by molar-refractivity contribution is 5.81. The molecule has 4 atom stereocenters. The number of fused-ring (bicyclic) bond motifs is 1. The number of ether oxygens (including phenoxy) is 3. The zero-order chi connectivity index (χ0) is 22.8. The van der Waals surface area contributed by atoms with Crippen molar-refractivity contribution in [1.29, 1.82) is 0 Å². The molecule has 1 saturated heterocycles. The summed E-state index contributed by atoms with van der Waals surface area (Å²) in [6, 6.07) is 0. The van der Waals surface area contributed by atoms with Gasteiger partial charge in [0.15, 0.2) is 23.1 Å². The van der Waals surface area contributed by atoms with E-state index >= 15 is 0 Å². The van der Waals surface area contributed by atoms with Crippen molar-refractivity contribution in [2.75, 3.05) is 5.73 Å². The molecule has 31 heavy (non-hydrogen) atoms. The van der Waals surface area contributed by atoms with Crippen molar-refractivity contribution >= 4 is 28.9 Å². The number of nitrogens with zero attached hydrogens (tertiary/aromatic N) is 4. The number of aromatic nitrogens is 4. The largest absolute Gasteiger partial charge is 0.454 e. The molecule has 0 aliphatic carbocycles. The van der Waals surface area contributed by atoms with Gasteiger partial charge in [-0.1, -0.05) is 27.2 Å². The molecule has 1 unspecified atom stereocenters. The Kier molecular flexibility index (Phi) is 6.40. The van der Waals surface area contributed by atoms with E-state index < -0.39 is 42.1 Å². The van der Waals surface area contributed by atoms with Gasteiger partial charge in [0.25, 0.3) is 0 Å². The zero-order valence-corrected chi connectivity index (χ0v) is 17.5. The van der Waals surface area contributed by atoms with E-state index in [4.69, 9.17) is 26.4 Å². The molecule has 11 heteroatoms. The van der Waals surface area contributed by atoms with Crippen LogP contribution in [0.25, 0.3) is 11.2 Å². The van der Waals surface area contributed by atoms with E-state index in [1.165, 1.54) is 10.9 Å². The van der Waals surface area contributed by atoms with Crippen molar-refractivity contribution in [2.45, 2.75) is 64.6 Å². The topological polar surface area (TPSA) is 131 Å². The van der Waals surface area contributed by atoms with Crippen LogP contribution in [-0.2, 0) is 23.8 Å². The minimum Gasteiger partial charge on any atom is -0.454 e. The van der Waals surface area contributed by atoms with Gasteiger partial charge in [0.2, 0.25) is 0 Å². The third-order valence-corrected chi connectivity index (χ3v) is 5.02. The van der Waals surface area contributed by atoms with E-state index in [0.717, 1.165) is 6.42 Å². The molecular weight excluding hydrogens is 409 g/mol. The molecule has 3 rings (SSSR count). The van der Waals surface area contributed by atoms with Gasteiger partial charge in [0, 0.05) is 12.8 Å². The predicted octanol–water partition coefficient (Wildman–Crippen LogP) is 2.10. The molecular formula is C20H24FN5O5. The molecule has 0 radical (unpaired) electrons. The Morgan fingerprint density at radius 1 is 1.48 bits per heavy atom. The quantitative estimate of drug-likeness (QED) is 0.396. The lowest BCUT2D eigenvalue weighted by molar-refractivity contribution is -0.234. The van der Waals surface area contributed by atoms with Crippen LogP contribution in [-0.4, -0.2) is 43.3 Å². The van der Waals surface area contributed by atoms with Gasteiger partial charge in [0.05, 0.1) is 12.2 Å². The van der Waals surface area contributed by atoms with Gasteiger partial charge in [-0.3, -0.25) is 14.2 Å². The summed E-state index contributed by atoms with van der Waals surface area (Å²) >= 11 is 0. The summed E-state index contributed by atoms with van der Waals surface area (Å²) in [5, 5.41) is 0. The highest BCUT2D eigenvalue weighted by atomic mass is 19.1. The van der Waals surface area contributed by atoms with Crippen LogP contribution >= 0.6 is 0 Å². The van der Waals surface area contributed by atoms with E-state index in [1.54, 1.807) is 13.8 Å². The number of hydrogen-bond donors (Lipinski definition) is 1. The number of halogens is 1. The van der Waals surface area contributed by atoms with E-state index in [9.17, 15) is 14.0 Å². The predicted molar refractivity (Wildman–Crippen MR) is 106 cm³/mol. The second kappa shape index (κ2) is 8.85. The third kappa shape index (κ3) is 4.29. The normalized spacial score (nSPS) is 24.0. The average molecular weight is 433 g/mol. The smallest absolute Gasteiger partial charge is 0.317 e. The first-order chi connectivity index (χ1) is 14.7. The SMILES string of the molecule is C#C[C@]1(OC(=O)C(C)CCC)O[C@@H](n2cnc3c(N)nc(F)nc32)C[C@@H]1OC(=O)CC. The summed E-state index contributed by atoms with van der Waals surface area (Å²) < 4.78 is 32.1. The van der Waals surface area contributed by atoms with Gasteiger partial charge in [-0.05, 0) is 12.3 Å². The molecule has 166 valence electrons. The molecule has 3 heterocycles. The fourth-order valence-corrected chi connectivity index (χ4v) is 3.37. The first-order valence-corrected chi connectivity index (χ1v) is 9.98. The van der Waals surface area contributed by atoms with Gasteiger partial charge in [0.1, 0.15) is 6.23 Å². The monoisotopic (exact) mass is 433 g/mol. The number of nitrogens with two attached hydrogens (primary N) is 1. The van der Waals surface area contributed by atoms with Crippen molar-refractivity contribution in [3.05, 3.63) is 12.4 Å². The van der Waals surface area contributed by atoms with Crippen molar-refractivity contribution < 1.29 is 28.2 Å². The number of carbonyl (C=O) groups excluding carboxylic acids is 2. The number of rotatable bonds is 7. The second-order valence-corrected chi connectivity index (χ2v) is 7.26. The minimum atomic E-state index is -1.96. The molecule has 0 aromatic carbocycles. The van der Waals surface area contributed by atoms with E-state index in [-0.39, 0.29) is 29.8 Å². The van der Waals surface area contributed by atoms with Crippen molar-refractivity contribution in [2.24, 2.45) is 5.92 Å². The van der Waals surface area contributed by atoms with E-state index in [0.29, 0.717) is 6.42 Å². The molecule has 10 nitrogen and oxygen atoms in total. The molecule has 0 saturated carbocycles. The number of hydrogen-bond acceptors (Lipinski definition) is 9. The summed E-state index contributed by atoms with van der Waals surface area (Å²) in [6.07, 6.45) is 5.44. The number of terminal acetylenes is 1. The molecule has 1 aliphatic heterocycles.